The maximum Gasteiger partial charge on any atom is 0.436 e. The van der Waals surface area contributed by atoms with Gasteiger partial charge in [-0.3, -0.25) is 10.1 Å². The molecule has 0 saturated carbocycles. The molecule has 1 aromatic rings. The summed E-state index contributed by atoms with van der Waals surface area (Å²) in [6.45, 7) is 1.88. The van der Waals surface area contributed by atoms with Crippen LogP contribution in [0.2, 0.25) is 0 Å². The van der Waals surface area contributed by atoms with Crippen LogP contribution in [0.3, 0.4) is 0 Å². The lowest BCUT2D eigenvalue weighted by Crippen LogP contribution is -2.45. The Kier molecular flexibility index (Phi) is 4.62. The van der Waals surface area contributed by atoms with Crippen LogP contribution in [0.4, 0.5) is 4.79 Å². The number of aliphatic imine (C=N–C) groups is 2. The SMILES string of the molecule is CCOC(=O)/N=C1/N=C(c2ccccc2)C(Br)C(=O)N1. The van der Waals surface area contributed by atoms with Crippen LogP contribution in [-0.4, -0.2) is 35.1 Å². The number of guanidine groups is 1. The number of nitrogens with zero attached hydrogens (tertiary/aromatic N) is 2. The lowest BCUT2D eigenvalue weighted by atomic mass is 10.1. The number of alkyl halides is 1. The average molecular weight is 338 g/mol. The largest absolute Gasteiger partial charge is 0.448 e. The van der Waals surface area contributed by atoms with Gasteiger partial charge in [-0.1, -0.05) is 46.3 Å². The molecule has 104 valence electrons. The monoisotopic (exact) mass is 337 g/mol. The number of hydrogen-bond donors (Lipinski definition) is 1. The zero-order valence-electron chi connectivity index (χ0n) is 10.7. The fourth-order valence-electron chi connectivity index (χ4n) is 1.61. The molecule has 20 heavy (non-hydrogen) atoms. The molecule has 2 rings (SSSR count). The van der Waals surface area contributed by atoms with Crippen LogP contribution in [0.5, 0.6) is 0 Å². The summed E-state index contributed by atoms with van der Waals surface area (Å²) in [7, 11) is 0. The number of nitrogens with one attached hydrogen (secondary N) is 1. The average Bonchev–Trinajstić information content (AvgIpc) is 2.44. The van der Waals surface area contributed by atoms with Gasteiger partial charge in [0.1, 0.15) is 4.83 Å². The topological polar surface area (TPSA) is 80.1 Å². The normalized spacial score (nSPS) is 20.3. The number of halogens is 1. The summed E-state index contributed by atoms with van der Waals surface area (Å²) in [5, 5.41) is 2.43. The molecule has 1 aliphatic rings. The third-order valence-electron chi connectivity index (χ3n) is 2.47. The first kappa shape index (κ1) is 14.4. The van der Waals surface area contributed by atoms with Gasteiger partial charge in [-0.2, -0.15) is 0 Å². The van der Waals surface area contributed by atoms with Crippen molar-refractivity contribution in [1.82, 2.24) is 5.32 Å². The van der Waals surface area contributed by atoms with Gasteiger partial charge < -0.3 is 4.74 Å². The van der Waals surface area contributed by atoms with Gasteiger partial charge in [0.25, 0.3) is 0 Å². The maximum absolute atomic E-state index is 11.9. The number of ether oxygens (including phenoxy) is 1. The van der Waals surface area contributed by atoms with Crippen LogP contribution >= 0.6 is 15.9 Å². The van der Waals surface area contributed by atoms with E-state index in [0.717, 1.165) is 5.56 Å². The highest BCUT2D eigenvalue weighted by molar-refractivity contribution is 9.10. The van der Waals surface area contributed by atoms with Gasteiger partial charge in [0.15, 0.2) is 0 Å². The molecular formula is C13H12BrN3O3. The molecule has 1 atom stereocenters. The highest BCUT2D eigenvalue weighted by Gasteiger charge is 2.29. The Balaban J connectivity index is 2.35. The molecule has 0 spiro atoms. The van der Waals surface area contributed by atoms with Crippen LogP contribution in [0.15, 0.2) is 40.3 Å². The summed E-state index contributed by atoms with van der Waals surface area (Å²) in [4.78, 5) is 30.4. The Hall–Kier alpha value is -2.02. The molecule has 6 nitrogen and oxygen atoms in total. The van der Waals surface area contributed by atoms with Gasteiger partial charge >= 0.3 is 6.09 Å². The molecule has 1 aliphatic heterocycles. The molecule has 1 unspecified atom stereocenters. The third kappa shape index (κ3) is 3.30. The van der Waals surface area contributed by atoms with Crippen LogP contribution in [-0.2, 0) is 9.53 Å². The number of benzene rings is 1. The van der Waals surface area contributed by atoms with Crippen molar-refractivity contribution in [3.05, 3.63) is 35.9 Å². The van der Waals surface area contributed by atoms with Gasteiger partial charge in [0, 0.05) is 0 Å². The highest BCUT2D eigenvalue weighted by atomic mass is 79.9. The zero-order valence-corrected chi connectivity index (χ0v) is 12.3. The van der Waals surface area contributed by atoms with Gasteiger partial charge in [0.2, 0.25) is 11.9 Å². The van der Waals surface area contributed by atoms with Crippen LogP contribution in [0.1, 0.15) is 12.5 Å². The third-order valence-corrected chi connectivity index (χ3v) is 3.32. The van der Waals surface area contributed by atoms with Crippen molar-refractivity contribution in [2.75, 3.05) is 6.61 Å². The standard InChI is InChI=1S/C13H12BrN3O3/c1-2-20-13(19)17-12-15-10(9(14)11(18)16-12)8-6-4-3-5-7-8/h3-7,9H,2H2,1H3,(H,16,17,18,19). The summed E-state index contributed by atoms with van der Waals surface area (Å²) in [6, 6.07) is 9.20. The van der Waals surface area contributed by atoms with Gasteiger partial charge in [-0.15, -0.1) is 4.99 Å². The molecule has 0 aromatic heterocycles. The van der Waals surface area contributed by atoms with Crippen molar-refractivity contribution in [3.8, 4) is 0 Å². The van der Waals surface area contributed by atoms with E-state index in [4.69, 9.17) is 0 Å². The van der Waals surface area contributed by atoms with E-state index in [1.165, 1.54) is 0 Å². The molecule has 0 radical (unpaired) electrons. The second kappa shape index (κ2) is 6.42. The fourth-order valence-corrected chi connectivity index (χ4v) is 2.09. The molecule has 1 N–H and O–H groups in total. The Morgan fingerprint density at radius 3 is 2.80 bits per heavy atom. The minimum atomic E-state index is -0.785. The number of rotatable bonds is 2. The molecule has 1 aromatic carbocycles. The van der Waals surface area contributed by atoms with E-state index in [1.807, 2.05) is 30.3 Å². The van der Waals surface area contributed by atoms with Crippen molar-refractivity contribution < 1.29 is 14.3 Å². The Labute approximate surface area is 124 Å². The van der Waals surface area contributed by atoms with Crippen molar-refractivity contribution >= 4 is 39.6 Å². The van der Waals surface area contributed by atoms with Crippen molar-refractivity contribution in [2.45, 2.75) is 11.8 Å². The summed E-state index contributed by atoms with van der Waals surface area (Å²) < 4.78 is 4.69. The van der Waals surface area contributed by atoms with E-state index in [9.17, 15) is 9.59 Å². The van der Waals surface area contributed by atoms with Crippen LogP contribution in [0.25, 0.3) is 0 Å². The summed E-state index contributed by atoms with van der Waals surface area (Å²) in [5.74, 6) is -0.398. The molecule has 0 aliphatic carbocycles. The predicted octanol–water partition coefficient (Wildman–Crippen LogP) is 1.88. The Morgan fingerprint density at radius 1 is 1.45 bits per heavy atom. The molecule has 0 fully saturated rings. The van der Waals surface area contributed by atoms with Crippen LogP contribution in [0, 0.1) is 0 Å². The quantitative estimate of drug-likeness (QED) is 0.836. The maximum atomic E-state index is 11.9. The van der Waals surface area contributed by atoms with E-state index in [0.29, 0.717) is 5.71 Å². The van der Waals surface area contributed by atoms with E-state index in [2.05, 4.69) is 36.0 Å². The molecule has 2 amide bonds. The minimum Gasteiger partial charge on any atom is -0.448 e. The smallest absolute Gasteiger partial charge is 0.436 e. The van der Waals surface area contributed by atoms with Crippen molar-refractivity contribution in [3.63, 3.8) is 0 Å². The Morgan fingerprint density at radius 2 is 2.15 bits per heavy atom. The predicted molar refractivity (Wildman–Crippen MR) is 78.3 cm³/mol. The lowest BCUT2D eigenvalue weighted by molar-refractivity contribution is -0.118. The molecule has 0 saturated heterocycles. The molecule has 0 bridgehead atoms. The number of amides is 2. The van der Waals surface area contributed by atoms with Crippen molar-refractivity contribution in [1.29, 1.82) is 0 Å². The highest BCUT2D eigenvalue weighted by Crippen LogP contribution is 2.15. The van der Waals surface area contributed by atoms with Gasteiger partial charge in [0.05, 0.1) is 12.3 Å². The first-order valence-corrected chi connectivity index (χ1v) is 6.87. The summed E-state index contributed by atoms with van der Waals surface area (Å²) in [5.41, 5.74) is 1.28. The van der Waals surface area contributed by atoms with Gasteiger partial charge in [-0.25, -0.2) is 9.79 Å². The number of carbonyl (C=O) groups is 2. The molecule has 1 heterocycles. The van der Waals surface area contributed by atoms with Gasteiger partial charge in [-0.05, 0) is 12.5 Å². The lowest BCUT2D eigenvalue weighted by Gasteiger charge is -2.19. The van der Waals surface area contributed by atoms with E-state index >= 15 is 0 Å². The number of hydrogen-bond acceptors (Lipinski definition) is 3. The second-order valence-electron chi connectivity index (χ2n) is 3.85. The summed E-state index contributed by atoms with van der Waals surface area (Å²) >= 11 is 3.27. The second-order valence-corrected chi connectivity index (χ2v) is 4.76. The minimum absolute atomic E-state index is 0.0667. The fraction of sp³-hybridized carbons (Fsp3) is 0.231. The molecular weight excluding hydrogens is 326 g/mol. The summed E-state index contributed by atoms with van der Waals surface area (Å²) in [6.07, 6.45) is -0.785. The van der Waals surface area contributed by atoms with Crippen molar-refractivity contribution in [2.24, 2.45) is 9.98 Å². The van der Waals surface area contributed by atoms with Crippen LogP contribution < -0.4 is 5.32 Å². The first-order chi connectivity index (χ1) is 9.61. The van der Waals surface area contributed by atoms with E-state index in [-0.39, 0.29) is 18.5 Å². The van der Waals surface area contributed by atoms with E-state index in [1.54, 1.807) is 6.92 Å². The first-order valence-electron chi connectivity index (χ1n) is 5.96. The Bertz CT molecular complexity index is 584. The van der Waals surface area contributed by atoms with E-state index < -0.39 is 10.9 Å². The molecule has 7 heteroatoms. The number of carbonyl (C=O) groups excluding carboxylic acids is 2. The zero-order chi connectivity index (χ0) is 14.5.